The second-order valence-electron chi connectivity index (χ2n) is 6.74. The third kappa shape index (κ3) is 3.51. The summed E-state index contributed by atoms with van der Waals surface area (Å²) in [6, 6.07) is 6.34. The smallest absolute Gasteiger partial charge is 0.324 e. The maximum absolute atomic E-state index is 12.6. The van der Waals surface area contributed by atoms with Gasteiger partial charge in [0.1, 0.15) is 6.54 Å². The van der Waals surface area contributed by atoms with Crippen LogP contribution < -0.4 is 5.32 Å². The van der Waals surface area contributed by atoms with Crippen molar-refractivity contribution < 1.29 is 18.0 Å². The summed E-state index contributed by atoms with van der Waals surface area (Å²) in [5.74, 6) is 0.158. The molecule has 0 aliphatic heterocycles. The number of hydrogen-bond acceptors (Lipinski definition) is 3. The van der Waals surface area contributed by atoms with Gasteiger partial charge in [-0.25, -0.2) is 9.67 Å². The van der Waals surface area contributed by atoms with Gasteiger partial charge in [0.15, 0.2) is 5.65 Å². The predicted molar refractivity (Wildman–Crippen MR) is 94.3 cm³/mol. The molecule has 0 radical (unpaired) electrons. The van der Waals surface area contributed by atoms with E-state index in [1.165, 1.54) is 22.4 Å². The minimum Gasteiger partial charge on any atom is -0.324 e. The standard InChI is InChI=1S/C19H17F3N4O/c1-11-17-15(12-2-3-12)8-9-23-18(17)26(25-11)10-16(27)24-14-6-4-13(5-7-14)19(20,21)22/h4-9,12H,2-3,10H2,1H3,(H,24,27). The number of anilines is 1. The van der Waals surface area contributed by atoms with Crippen LogP contribution in [0.15, 0.2) is 36.5 Å². The van der Waals surface area contributed by atoms with Crippen LogP contribution in [0.5, 0.6) is 0 Å². The van der Waals surface area contributed by atoms with E-state index in [0.29, 0.717) is 17.3 Å². The molecule has 1 aliphatic rings. The molecule has 2 heterocycles. The minimum absolute atomic E-state index is 0.0630. The second-order valence-corrected chi connectivity index (χ2v) is 6.74. The van der Waals surface area contributed by atoms with E-state index in [2.05, 4.69) is 15.4 Å². The quantitative estimate of drug-likeness (QED) is 0.742. The lowest BCUT2D eigenvalue weighted by atomic mass is 10.1. The Morgan fingerprint density at radius 3 is 2.56 bits per heavy atom. The van der Waals surface area contributed by atoms with E-state index < -0.39 is 11.7 Å². The maximum atomic E-state index is 12.6. The lowest BCUT2D eigenvalue weighted by molar-refractivity contribution is -0.137. The van der Waals surface area contributed by atoms with E-state index in [4.69, 9.17) is 0 Å². The SMILES string of the molecule is Cc1nn(CC(=O)Nc2ccc(C(F)(F)F)cc2)c2nccc(C3CC3)c12. The number of halogens is 3. The van der Waals surface area contributed by atoms with Crippen LogP contribution in [0.4, 0.5) is 18.9 Å². The molecule has 8 heteroatoms. The largest absolute Gasteiger partial charge is 0.416 e. The number of rotatable bonds is 4. The van der Waals surface area contributed by atoms with Gasteiger partial charge in [-0.3, -0.25) is 4.79 Å². The highest BCUT2D eigenvalue weighted by Gasteiger charge is 2.30. The zero-order valence-electron chi connectivity index (χ0n) is 14.5. The molecular formula is C19H17F3N4O. The third-order valence-electron chi connectivity index (χ3n) is 4.65. The molecule has 1 saturated carbocycles. The van der Waals surface area contributed by atoms with Crippen molar-refractivity contribution in [3.8, 4) is 0 Å². The summed E-state index contributed by atoms with van der Waals surface area (Å²) in [5.41, 5.74) is 2.23. The molecule has 1 aromatic carbocycles. The van der Waals surface area contributed by atoms with E-state index in [9.17, 15) is 18.0 Å². The number of hydrogen-bond donors (Lipinski definition) is 1. The first-order valence-corrected chi connectivity index (χ1v) is 8.62. The molecule has 0 unspecified atom stereocenters. The van der Waals surface area contributed by atoms with Crippen molar-refractivity contribution in [3.63, 3.8) is 0 Å². The molecule has 4 rings (SSSR count). The van der Waals surface area contributed by atoms with Gasteiger partial charge in [-0.15, -0.1) is 0 Å². The van der Waals surface area contributed by atoms with Crippen LogP contribution in [0.2, 0.25) is 0 Å². The third-order valence-corrected chi connectivity index (χ3v) is 4.65. The zero-order chi connectivity index (χ0) is 19.2. The lowest BCUT2D eigenvalue weighted by Crippen LogP contribution is -2.20. The van der Waals surface area contributed by atoms with Gasteiger partial charge in [0.2, 0.25) is 5.91 Å². The number of benzene rings is 1. The van der Waals surface area contributed by atoms with Gasteiger partial charge in [0.25, 0.3) is 0 Å². The Morgan fingerprint density at radius 2 is 1.93 bits per heavy atom. The van der Waals surface area contributed by atoms with Crippen molar-refractivity contribution in [2.75, 3.05) is 5.32 Å². The number of aryl methyl sites for hydroxylation is 1. The first-order chi connectivity index (χ1) is 12.8. The zero-order valence-corrected chi connectivity index (χ0v) is 14.5. The van der Waals surface area contributed by atoms with Crippen LogP contribution in [-0.2, 0) is 17.5 Å². The number of nitrogens with one attached hydrogen (secondary N) is 1. The Kier molecular flexibility index (Phi) is 4.13. The van der Waals surface area contributed by atoms with E-state index >= 15 is 0 Å². The van der Waals surface area contributed by atoms with Crippen LogP contribution in [0.1, 0.15) is 35.6 Å². The molecule has 2 aromatic heterocycles. The number of aromatic nitrogens is 3. The number of pyridine rings is 1. The maximum Gasteiger partial charge on any atom is 0.416 e. The molecule has 0 saturated heterocycles. The van der Waals surface area contributed by atoms with Gasteiger partial charge in [-0.1, -0.05) is 0 Å². The number of amides is 1. The van der Waals surface area contributed by atoms with Crippen LogP contribution in [0, 0.1) is 6.92 Å². The van der Waals surface area contributed by atoms with Gasteiger partial charge in [0.05, 0.1) is 11.3 Å². The first kappa shape index (κ1) is 17.5. The summed E-state index contributed by atoms with van der Waals surface area (Å²) in [6.07, 6.45) is -0.378. The number of nitrogens with zero attached hydrogens (tertiary/aromatic N) is 3. The molecule has 0 spiro atoms. The highest BCUT2D eigenvalue weighted by atomic mass is 19.4. The summed E-state index contributed by atoms with van der Waals surface area (Å²) in [7, 11) is 0. The molecule has 0 bridgehead atoms. The fourth-order valence-corrected chi connectivity index (χ4v) is 3.23. The number of carbonyl (C=O) groups excluding carboxylic acids is 1. The summed E-state index contributed by atoms with van der Waals surface area (Å²) < 4.78 is 39.4. The predicted octanol–water partition coefficient (Wildman–Crippen LogP) is 4.27. The first-order valence-electron chi connectivity index (χ1n) is 8.62. The van der Waals surface area contributed by atoms with Crippen LogP contribution in [0.25, 0.3) is 11.0 Å². The Morgan fingerprint density at radius 1 is 1.22 bits per heavy atom. The molecule has 27 heavy (non-hydrogen) atoms. The van der Waals surface area contributed by atoms with Gasteiger partial charge >= 0.3 is 6.18 Å². The normalized spacial score (nSPS) is 14.5. The van der Waals surface area contributed by atoms with Crippen molar-refractivity contribution in [3.05, 3.63) is 53.3 Å². The fourth-order valence-electron chi connectivity index (χ4n) is 3.23. The number of alkyl halides is 3. The van der Waals surface area contributed by atoms with Gasteiger partial charge in [-0.05, 0) is 61.6 Å². The average Bonchev–Trinajstić information content (AvgIpc) is 3.40. The van der Waals surface area contributed by atoms with E-state index in [-0.39, 0.29) is 12.5 Å². The summed E-state index contributed by atoms with van der Waals surface area (Å²) in [5, 5.41) is 8.02. The number of carbonyl (C=O) groups is 1. The fraction of sp³-hybridized carbons (Fsp3) is 0.316. The van der Waals surface area contributed by atoms with Crippen molar-refractivity contribution in [2.24, 2.45) is 0 Å². The van der Waals surface area contributed by atoms with Crippen molar-refractivity contribution in [1.82, 2.24) is 14.8 Å². The Bertz CT molecular complexity index is 1000. The lowest BCUT2D eigenvalue weighted by Gasteiger charge is -2.09. The molecule has 140 valence electrons. The van der Waals surface area contributed by atoms with E-state index in [0.717, 1.165) is 36.1 Å². The number of fused-ring (bicyclic) bond motifs is 1. The molecule has 1 fully saturated rings. The van der Waals surface area contributed by atoms with Gasteiger partial charge < -0.3 is 5.32 Å². The van der Waals surface area contributed by atoms with Gasteiger partial charge in [0, 0.05) is 17.3 Å². The molecule has 0 atom stereocenters. The molecule has 1 amide bonds. The molecule has 1 aliphatic carbocycles. The van der Waals surface area contributed by atoms with Crippen molar-refractivity contribution in [2.45, 2.75) is 38.4 Å². The van der Waals surface area contributed by atoms with Crippen molar-refractivity contribution in [1.29, 1.82) is 0 Å². The van der Waals surface area contributed by atoms with Crippen LogP contribution in [-0.4, -0.2) is 20.7 Å². The van der Waals surface area contributed by atoms with Crippen molar-refractivity contribution >= 4 is 22.6 Å². The van der Waals surface area contributed by atoms with Crippen LogP contribution >= 0.6 is 0 Å². The second kappa shape index (κ2) is 6.37. The molecule has 1 N–H and O–H groups in total. The summed E-state index contributed by atoms with van der Waals surface area (Å²) >= 11 is 0. The summed E-state index contributed by atoms with van der Waals surface area (Å²) in [4.78, 5) is 16.7. The molecule has 3 aromatic rings. The van der Waals surface area contributed by atoms with Gasteiger partial charge in [-0.2, -0.15) is 18.3 Å². The Hall–Kier alpha value is -2.90. The average molecular weight is 374 g/mol. The Labute approximate surface area is 153 Å². The highest BCUT2D eigenvalue weighted by Crippen LogP contribution is 2.43. The Balaban J connectivity index is 1.52. The monoisotopic (exact) mass is 374 g/mol. The highest BCUT2D eigenvalue weighted by molar-refractivity contribution is 5.92. The van der Waals surface area contributed by atoms with E-state index in [1.807, 2.05) is 13.0 Å². The summed E-state index contributed by atoms with van der Waals surface area (Å²) in [6.45, 7) is 1.83. The molecular weight excluding hydrogens is 357 g/mol. The minimum atomic E-state index is -4.40. The van der Waals surface area contributed by atoms with E-state index in [1.54, 1.807) is 6.20 Å². The molecule has 5 nitrogen and oxygen atoms in total. The van der Waals surface area contributed by atoms with Crippen LogP contribution in [0.3, 0.4) is 0 Å². The topological polar surface area (TPSA) is 59.8 Å².